The molecule has 0 spiro atoms. The summed E-state index contributed by atoms with van der Waals surface area (Å²) in [6, 6.07) is 6.48. The number of benzene rings is 1. The van der Waals surface area contributed by atoms with Crippen LogP contribution in [0.2, 0.25) is 0 Å². The third-order valence-corrected chi connectivity index (χ3v) is 3.68. The Balaban J connectivity index is 2.56. The number of thiazole rings is 1. The second-order valence-corrected chi connectivity index (χ2v) is 4.97. The highest BCUT2D eigenvalue weighted by molar-refractivity contribution is 7.16. The van der Waals surface area contributed by atoms with Gasteiger partial charge in [0.05, 0.1) is 15.7 Å². The largest absolute Gasteiger partial charge is 0.244 e. The fourth-order valence-corrected chi connectivity index (χ4v) is 2.35. The Kier molecular flexibility index (Phi) is 2.55. The van der Waals surface area contributed by atoms with E-state index in [1.807, 2.05) is 5.51 Å². The third-order valence-electron chi connectivity index (χ3n) is 2.88. The van der Waals surface area contributed by atoms with E-state index in [0.29, 0.717) is 11.8 Å². The monoisotopic (exact) mass is 205 g/mol. The molecule has 0 N–H and O–H groups in total. The molecule has 0 aliphatic carbocycles. The van der Waals surface area contributed by atoms with Crippen molar-refractivity contribution in [1.82, 2.24) is 4.98 Å². The first kappa shape index (κ1) is 9.66. The average molecular weight is 205 g/mol. The molecule has 0 radical (unpaired) electrons. The minimum absolute atomic E-state index is 0.584. The quantitative estimate of drug-likeness (QED) is 0.720. The third kappa shape index (κ3) is 1.55. The molecule has 1 nitrogen and oxygen atoms in total. The summed E-state index contributed by atoms with van der Waals surface area (Å²) in [5.74, 6) is 1.25. The van der Waals surface area contributed by atoms with Crippen LogP contribution in [0.25, 0.3) is 10.2 Å². The molecule has 1 heterocycles. The number of para-hydroxylation sites is 1. The minimum Gasteiger partial charge on any atom is -0.244 e. The minimum atomic E-state index is 0.584. The summed E-state index contributed by atoms with van der Waals surface area (Å²) < 4.78 is 1.30. The topological polar surface area (TPSA) is 12.9 Å². The van der Waals surface area contributed by atoms with Crippen molar-refractivity contribution in [2.24, 2.45) is 5.92 Å². The maximum absolute atomic E-state index is 4.44. The maximum atomic E-state index is 4.44. The number of fused-ring (bicyclic) bond motifs is 1. The number of aromatic nitrogens is 1. The van der Waals surface area contributed by atoms with Gasteiger partial charge in [0.1, 0.15) is 0 Å². The van der Waals surface area contributed by atoms with Gasteiger partial charge in [-0.25, -0.2) is 4.98 Å². The van der Waals surface area contributed by atoms with Crippen molar-refractivity contribution in [3.63, 3.8) is 0 Å². The smallest absolute Gasteiger partial charge is 0.0846 e. The molecule has 2 rings (SSSR count). The lowest BCUT2D eigenvalue weighted by atomic mass is 9.90. The van der Waals surface area contributed by atoms with E-state index in [1.54, 1.807) is 11.3 Å². The summed E-state index contributed by atoms with van der Waals surface area (Å²) >= 11 is 1.72. The lowest BCUT2D eigenvalue weighted by Gasteiger charge is -2.16. The summed E-state index contributed by atoms with van der Waals surface area (Å²) in [5, 5.41) is 0. The van der Waals surface area contributed by atoms with Crippen LogP contribution in [0.1, 0.15) is 32.3 Å². The van der Waals surface area contributed by atoms with Crippen LogP contribution >= 0.6 is 11.3 Å². The van der Waals surface area contributed by atoms with E-state index in [4.69, 9.17) is 0 Å². The maximum Gasteiger partial charge on any atom is 0.0846 e. The lowest BCUT2D eigenvalue weighted by molar-refractivity contribution is 0.537. The van der Waals surface area contributed by atoms with Gasteiger partial charge in [-0.3, -0.25) is 0 Å². The number of rotatable bonds is 2. The lowest BCUT2D eigenvalue weighted by Crippen LogP contribution is -2.02. The fourth-order valence-electron chi connectivity index (χ4n) is 1.63. The van der Waals surface area contributed by atoms with Crippen LogP contribution in [0.15, 0.2) is 23.7 Å². The Morgan fingerprint density at radius 3 is 2.71 bits per heavy atom. The van der Waals surface area contributed by atoms with Crippen molar-refractivity contribution >= 4 is 21.6 Å². The molecule has 0 bridgehead atoms. The zero-order valence-corrected chi connectivity index (χ0v) is 9.64. The average Bonchev–Trinajstić information content (AvgIpc) is 2.63. The molecular formula is C12H15NS. The van der Waals surface area contributed by atoms with E-state index in [1.165, 1.54) is 15.8 Å². The Morgan fingerprint density at radius 2 is 2.00 bits per heavy atom. The molecule has 1 aromatic carbocycles. The van der Waals surface area contributed by atoms with Crippen LogP contribution in [0, 0.1) is 5.92 Å². The first-order chi connectivity index (χ1) is 6.70. The molecule has 0 fully saturated rings. The highest BCUT2D eigenvalue weighted by atomic mass is 32.1. The molecule has 1 aromatic heterocycles. The van der Waals surface area contributed by atoms with Crippen molar-refractivity contribution in [2.45, 2.75) is 26.7 Å². The van der Waals surface area contributed by atoms with Gasteiger partial charge in [-0.15, -0.1) is 11.3 Å². The predicted molar refractivity (Wildman–Crippen MR) is 62.9 cm³/mol. The SMILES string of the molecule is CC(C)C(C)c1cccc2scnc12. The summed E-state index contributed by atoms with van der Waals surface area (Å²) in [6.45, 7) is 6.80. The van der Waals surface area contributed by atoms with Gasteiger partial charge < -0.3 is 0 Å². The summed E-state index contributed by atoms with van der Waals surface area (Å²) in [6.07, 6.45) is 0. The van der Waals surface area contributed by atoms with Crippen molar-refractivity contribution in [3.05, 3.63) is 29.3 Å². The Bertz CT molecular complexity index is 431. The zero-order chi connectivity index (χ0) is 10.1. The summed E-state index contributed by atoms with van der Waals surface area (Å²) in [4.78, 5) is 4.44. The molecule has 0 saturated heterocycles. The summed E-state index contributed by atoms with van der Waals surface area (Å²) in [7, 11) is 0. The van der Waals surface area contributed by atoms with E-state index in [2.05, 4.69) is 44.0 Å². The second kappa shape index (κ2) is 3.70. The van der Waals surface area contributed by atoms with Crippen molar-refractivity contribution in [3.8, 4) is 0 Å². The van der Waals surface area contributed by atoms with Gasteiger partial charge >= 0.3 is 0 Å². The van der Waals surface area contributed by atoms with Gasteiger partial charge in [0.25, 0.3) is 0 Å². The van der Waals surface area contributed by atoms with E-state index < -0.39 is 0 Å². The Morgan fingerprint density at radius 1 is 1.21 bits per heavy atom. The first-order valence-corrected chi connectivity index (χ1v) is 5.90. The molecule has 2 aromatic rings. The second-order valence-electron chi connectivity index (χ2n) is 4.08. The van der Waals surface area contributed by atoms with Crippen LogP contribution in [0.5, 0.6) is 0 Å². The standard InChI is InChI=1S/C12H15NS/c1-8(2)9(3)10-5-4-6-11-12(10)13-7-14-11/h4-9H,1-3H3. The molecule has 2 heteroatoms. The molecule has 1 unspecified atom stereocenters. The fraction of sp³-hybridized carbons (Fsp3) is 0.417. The molecule has 1 atom stereocenters. The summed E-state index contributed by atoms with van der Waals surface area (Å²) in [5.41, 5.74) is 4.51. The van der Waals surface area contributed by atoms with E-state index in [9.17, 15) is 0 Å². The van der Waals surface area contributed by atoms with Crippen molar-refractivity contribution in [1.29, 1.82) is 0 Å². The van der Waals surface area contributed by atoms with Crippen molar-refractivity contribution < 1.29 is 0 Å². The number of hydrogen-bond acceptors (Lipinski definition) is 2. The van der Waals surface area contributed by atoms with E-state index >= 15 is 0 Å². The van der Waals surface area contributed by atoms with Gasteiger partial charge in [0.2, 0.25) is 0 Å². The highest BCUT2D eigenvalue weighted by Gasteiger charge is 2.13. The van der Waals surface area contributed by atoms with Gasteiger partial charge in [-0.05, 0) is 23.5 Å². The predicted octanol–water partition coefficient (Wildman–Crippen LogP) is 4.06. The number of hydrogen-bond donors (Lipinski definition) is 0. The van der Waals surface area contributed by atoms with Crippen LogP contribution in [0.4, 0.5) is 0 Å². The van der Waals surface area contributed by atoms with Gasteiger partial charge in [0, 0.05) is 0 Å². The normalized spacial score (nSPS) is 13.7. The first-order valence-electron chi connectivity index (χ1n) is 5.02. The van der Waals surface area contributed by atoms with E-state index in [0.717, 1.165) is 0 Å². The molecule has 0 aliphatic heterocycles. The molecule has 0 aliphatic rings. The highest BCUT2D eigenvalue weighted by Crippen LogP contribution is 2.30. The van der Waals surface area contributed by atoms with Gasteiger partial charge in [-0.2, -0.15) is 0 Å². The van der Waals surface area contributed by atoms with Crippen LogP contribution in [-0.2, 0) is 0 Å². The van der Waals surface area contributed by atoms with Crippen LogP contribution in [0.3, 0.4) is 0 Å². The van der Waals surface area contributed by atoms with Gasteiger partial charge in [-0.1, -0.05) is 32.9 Å². The Labute approximate surface area is 88.8 Å². The molecule has 0 saturated carbocycles. The van der Waals surface area contributed by atoms with Crippen LogP contribution < -0.4 is 0 Å². The van der Waals surface area contributed by atoms with E-state index in [-0.39, 0.29) is 0 Å². The van der Waals surface area contributed by atoms with Crippen molar-refractivity contribution in [2.75, 3.05) is 0 Å². The molecular weight excluding hydrogens is 190 g/mol. The van der Waals surface area contributed by atoms with Gasteiger partial charge in [0.15, 0.2) is 0 Å². The number of nitrogens with zero attached hydrogens (tertiary/aromatic N) is 1. The van der Waals surface area contributed by atoms with Crippen LogP contribution in [-0.4, -0.2) is 4.98 Å². The zero-order valence-electron chi connectivity index (χ0n) is 8.82. The molecule has 74 valence electrons. The Hall–Kier alpha value is -0.890. The molecule has 14 heavy (non-hydrogen) atoms. The molecule has 0 amide bonds.